The summed E-state index contributed by atoms with van der Waals surface area (Å²) in [5.41, 5.74) is 1.16. The van der Waals surface area contributed by atoms with Gasteiger partial charge < -0.3 is 15.2 Å². The predicted octanol–water partition coefficient (Wildman–Crippen LogP) is 2.69. The van der Waals surface area contributed by atoms with E-state index in [1.807, 2.05) is 12.1 Å². The van der Waals surface area contributed by atoms with E-state index < -0.39 is 0 Å². The van der Waals surface area contributed by atoms with Crippen LogP contribution in [-0.4, -0.2) is 30.4 Å². The SMILES string of the molecule is CCC(CC)(CO)NCC1CCOc2ccccc21. The first-order valence-corrected chi connectivity index (χ1v) is 7.32. The van der Waals surface area contributed by atoms with Gasteiger partial charge in [-0.05, 0) is 30.9 Å². The van der Waals surface area contributed by atoms with Crippen LogP contribution < -0.4 is 10.1 Å². The first-order valence-electron chi connectivity index (χ1n) is 7.32. The van der Waals surface area contributed by atoms with Gasteiger partial charge in [0.2, 0.25) is 0 Å². The number of fused-ring (bicyclic) bond motifs is 1. The maximum absolute atomic E-state index is 9.61. The summed E-state index contributed by atoms with van der Waals surface area (Å²) in [5, 5.41) is 13.2. The van der Waals surface area contributed by atoms with Crippen LogP contribution in [0.2, 0.25) is 0 Å². The molecule has 19 heavy (non-hydrogen) atoms. The largest absolute Gasteiger partial charge is 0.493 e. The van der Waals surface area contributed by atoms with Crippen LogP contribution >= 0.6 is 0 Å². The molecule has 0 saturated heterocycles. The van der Waals surface area contributed by atoms with E-state index in [0.29, 0.717) is 5.92 Å². The Kier molecular flexibility index (Phi) is 4.83. The fraction of sp³-hybridized carbons (Fsp3) is 0.625. The second kappa shape index (κ2) is 6.40. The third-order valence-corrected chi connectivity index (χ3v) is 4.46. The van der Waals surface area contributed by atoms with E-state index in [2.05, 4.69) is 31.3 Å². The van der Waals surface area contributed by atoms with Crippen LogP contribution in [-0.2, 0) is 0 Å². The van der Waals surface area contributed by atoms with E-state index in [1.54, 1.807) is 0 Å². The molecule has 1 heterocycles. The number of aliphatic hydroxyl groups is 1. The molecule has 0 bridgehead atoms. The summed E-state index contributed by atoms with van der Waals surface area (Å²) < 4.78 is 5.69. The number of ether oxygens (including phenoxy) is 1. The quantitative estimate of drug-likeness (QED) is 0.829. The minimum Gasteiger partial charge on any atom is -0.493 e. The highest BCUT2D eigenvalue weighted by atomic mass is 16.5. The molecule has 1 aromatic rings. The van der Waals surface area contributed by atoms with Gasteiger partial charge in [0, 0.05) is 18.0 Å². The number of benzene rings is 1. The second-order valence-corrected chi connectivity index (χ2v) is 5.40. The molecule has 2 N–H and O–H groups in total. The number of aliphatic hydroxyl groups excluding tert-OH is 1. The molecular formula is C16H25NO2. The van der Waals surface area contributed by atoms with Gasteiger partial charge in [0.1, 0.15) is 5.75 Å². The molecule has 1 aliphatic heterocycles. The van der Waals surface area contributed by atoms with Crippen LogP contribution in [0.4, 0.5) is 0 Å². The standard InChI is InChI=1S/C16H25NO2/c1-3-16(4-2,12-18)17-11-13-9-10-19-15-8-6-5-7-14(13)15/h5-8,13,17-18H,3-4,9-12H2,1-2H3. The Morgan fingerprint density at radius 3 is 2.74 bits per heavy atom. The molecule has 0 amide bonds. The second-order valence-electron chi connectivity index (χ2n) is 5.40. The molecule has 0 saturated carbocycles. The molecule has 0 aromatic heterocycles. The summed E-state index contributed by atoms with van der Waals surface area (Å²) in [6, 6.07) is 8.28. The van der Waals surface area contributed by atoms with Crippen molar-refractivity contribution in [3.8, 4) is 5.75 Å². The number of hydrogen-bond donors (Lipinski definition) is 2. The summed E-state index contributed by atoms with van der Waals surface area (Å²) in [7, 11) is 0. The van der Waals surface area contributed by atoms with Crippen molar-refractivity contribution in [3.05, 3.63) is 29.8 Å². The molecule has 2 rings (SSSR count). The van der Waals surface area contributed by atoms with Crippen LogP contribution in [0.25, 0.3) is 0 Å². The van der Waals surface area contributed by atoms with Gasteiger partial charge in [-0.1, -0.05) is 32.0 Å². The van der Waals surface area contributed by atoms with Crippen LogP contribution in [0.1, 0.15) is 44.6 Å². The van der Waals surface area contributed by atoms with Gasteiger partial charge in [0.25, 0.3) is 0 Å². The van der Waals surface area contributed by atoms with Crippen LogP contribution in [0, 0.1) is 0 Å². The summed E-state index contributed by atoms with van der Waals surface area (Å²) >= 11 is 0. The highest BCUT2D eigenvalue weighted by molar-refractivity contribution is 5.37. The smallest absolute Gasteiger partial charge is 0.122 e. The van der Waals surface area contributed by atoms with Gasteiger partial charge in [-0.2, -0.15) is 0 Å². The number of hydrogen-bond acceptors (Lipinski definition) is 3. The Morgan fingerprint density at radius 2 is 2.05 bits per heavy atom. The average Bonchev–Trinajstić information content (AvgIpc) is 2.49. The molecule has 1 aliphatic rings. The highest BCUT2D eigenvalue weighted by Crippen LogP contribution is 2.33. The average molecular weight is 263 g/mol. The minimum absolute atomic E-state index is 0.132. The fourth-order valence-corrected chi connectivity index (χ4v) is 2.75. The van der Waals surface area contributed by atoms with Gasteiger partial charge in [-0.25, -0.2) is 0 Å². The maximum Gasteiger partial charge on any atom is 0.122 e. The summed E-state index contributed by atoms with van der Waals surface area (Å²) in [5.74, 6) is 1.50. The molecule has 1 unspecified atom stereocenters. The van der Waals surface area contributed by atoms with Crippen LogP contribution in [0.3, 0.4) is 0 Å². The third kappa shape index (κ3) is 3.10. The molecule has 0 fully saturated rings. The lowest BCUT2D eigenvalue weighted by Gasteiger charge is -2.34. The lowest BCUT2D eigenvalue weighted by Crippen LogP contribution is -2.49. The zero-order chi connectivity index (χ0) is 13.7. The Bertz CT molecular complexity index is 393. The molecule has 0 spiro atoms. The topological polar surface area (TPSA) is 41.5 Å². The molecule has 0 aliphatic carbocycles. The zero-order valence-electron chi connectivity index (χ0n) is 12.0. The zero-order valence-corrected chi connectivity index (χ0v) is 12.0. The molecule has 106 valence electrons. The van der Waals surface area contributed by atoms with E-state index in [0.717, 1.165) is 38.2 Å². The highest BCUT2D eigenvalue weighted by Gasteiger charge is 2.27. The minimum atomic E-state index is -0.132. The van der Waals surface area contributed by atoms with Gasteiger partial charge in [0.15, 0.2) is 0 Å². The van der Waals surface area contributed by atoms with Crippen molar-refractivity contribution >= 4 is 0 Å². The van der Waals surface area contributed by atoms with Crippen molar-refractivity contribution in [2.45, 2.75) is 44.6 Å². The lowest BCUT2D eigenvalue weighted by molar-refractivity contribution is 0.146. The first-order chi connectivity index (χ1) is 9.24. The van der Waals surface area contributed by atoms with E-state index in [1.165, 1.54) is 5.56 Å². The summed E-state index contributed by atoms with van der Waals surface area (Å²) in [6.07, 6.45) is 2.94. The van der Waals surface area contributed by atoms with Gasteiger partial charge in [-0.3, -0.25) is 0 Å². The van der Waals surface area contributed by atoms with Gasteiger partial charge in [-0.15, -0.1) is 0 Å². The molecular weight excluding hydrogens is 238 g/mol. The third-order valence-electron chi connectivity index (χ3n) is 4.46. The van der Waals surface area contributed by atoms with Crippen molar-refractivity contribution in [1.29, 1.82) is 0 Å². The van der Waals surface area contributed by atoms with E-state index in [-0.39, 0.29) is 12.1 Å². The van der Waals surface area contributed by atoms with E-state index in [9.17, 15) is 5.11 Å². The summed E-state index contributed by atoms with van der Waals surface area (Å²) in [6.45, 7) is 6.15. The predicted molar refractivity (Wildman–Crippen MR) is 77.7 cm³/mol. The van der Waals surface area contributed by atoms with Crippen LogP contribution in [0.15, 0.2) is 24.3 Å². The Morgan fingerprint density at radius 1 is 1.32 bits per heavy atom. The first kappa shape index (κ1) is 14.4. The fourth-order valence-electron chi connectivity index (χ4n) is 2.75. The maximum atomic E-state index is 9.61. The van der Waals surface area contributed by atoms with Crippen molar-refractivity contribution in [1.82, 2.24) is 5.32 Å². The molecule has 3 heteroatoms. The molecule has 1 atom stereocenters. The van der Waals surface area contributed by atoms with Crippen molar-refractivity contribution in [2.75, 3.05) is 19.8 Å². The Hall–Kier alpha value is -1.06. The lowest BCUT2D eigenvalue weighted by atomic mass is 9.89. The molecule has 0 radical (unpaired) electrons. The van der Waals surface area contributed by atoms with Gasteiger partial charge in [0.05, 0.1) is 13.2 Å². The Balaban J connectivity index is 2.05. The molecule has 1 aromatic carbocycles. The summed E-state index contributed by atoms with van der Waals surface area (Å²) in [4.78, 5) is 0. The van der Waals surface area contributed by atoms with Crippen molar-refractivity contribution < 1.29 is 9.84 Å². The Labute approximate surface area is 116 Å². The van der Waals surface area contributed by atoms with Crippen molar-refractivity contribution in [3.63, 3.8) is 0 Å². The van der Waals surface area contributed by atoms with E-state index in [4.69, 9.17) is 4.74 Å². The monoisotopic (exact) mass is 263 g/mol. The van der Waals surface area contributed by atoms with Crippen molar-refractivity contribution in [2.24, 2.45) is 0 Å². The number of para-hydroxylation sites is 1. The van der Waals surface area contributed by atoms with E-state index >= 15 is 0 Å². The normalized spacial score (nSPS) is 18.8. The number of rotatable bonds is 6. The van der Waals surface area contributed by atoms with Crippen LogP contribution in [0.5, 0.6) is 5.75 Å². The number of nitrogens with one attached hydrogen (secondary N) is 1. The molecule has 3 nitrogen and oxygen atoms in total. The van der Waals surface area contributed by atoms with Gasteiger partial charge >= 0.3 is 0 Å².